The molecule has 0 aromatic carbocycles. The van der Waals surface area contributed by atoms with Gasteiger partial charge in [-0.2, -0.15) is 12.6 Å². The van der Waals surface area contributed by atoms with Gasteiger partial charge in [0.15, 0.2) is 0 Å². The molecular weight excluding hydrogens is 144 g/mol. The normalized spacial score (nSPS) is 13.4. The Morgan fingerprint density at radius 2 is 2.60 bits per heavy atom. The summed E-state index contributed by atoms with van der Waals surface area (Å²) in [6.45, 7) is 2.09. The van der Waals surface area contributed by atoms with Gasteiger partial charge in [-0.25, -0.2) is 4.98 Å². The molecule has 10 heavy (non-hydrogen) atoms. The monoisotopic (exact) mass is 156 g/mol. The topological polar surface area (TPSA) is 28.7 Å². The molecule has 0 aliphatic carbocycles. The van der Waals surface area contributed by atoms with E-state index in [9.17, 15) is 0 Å². The molecule has 0 amide bonds. The number of hydrogen-bond donors (Lipinski definition) is 2. The maximum absolute atomic E-state index is 4.27. The minimum Gasteiger partial charge on any atom is -0.351 e. The van der Waals surface area contributed by atoms with Gasteiger partial charge in [0.05, 0.1) is 12.0 Å². The lowest BCUT2D eigenvalue weighted by molar-refractivity contribution is 0.800. The number of H-pyrrole nitrogens is 1. The summed E-state index contributed by atoms with van der Waals surface area (Å²) >= 11 is 4.27. The number of hydrogen-bond acceptors (Lipinski definition) is 2. The molecule has 0 bridgehead atoms. The molecule has 0 aliphatic rings. The smallest absolute Gasteiger partial charge is 0.0923 e. The number of aryl methyl sites for hydroxylation is 1. The molecule has 2 nitrogen and oxygen atoms in total. The lowest BCUT2D eigenvalue weighted by Crippen LogP contribution is -1.94. The van der Waals surface area contributed by atoms with Crippen molar-refractivity contribution in [2.75, 3.05) is 0 Å². The van der Waals surface area contributed by atoms with Crippen molar-refractivity contribution >= 4 is 12.6 Å². The SMILES string of the molecule is CC(S)CCc1c[nH]cn1. The number of aromatic nitrogens is 2. The summed E-state index contributed by atoms with van der Waals surface area (Å²) in [5.41, 5.74) is 1.13. The van der Waals surface area contributed by atoms with E-state index in [0.717, 1.165) is 18.5 Å². The van der Waals surface area contributed by atoms with Crippen molar-refractivity contribution in [3.8, 4) is 0 Å². The Labute approximate surface area is 66.5 Å². The Bertz CT molecular complexity index is 170. The van der Waals surface area contributed by atoms with Crippen LogP contribution in [-0.4, -0.2) is 15.2 Å². The summed E-state index contributed by atoms with van der Waals surface area (Å²) < 4.78 is 0. The molecule has 0 fully saturated rings. The maximum Gasteiger partial charge on any atom is 0.0923 e. The van der Waals surface area contributed by atoms with Gasteiger partial charge in [0.25, 0.3) is 0 Å². The van der Waals surface area contributed by atoms with Crippen molar-refractivity contribution in [3.63, 3.8) is 0 Å². The van der Waals surface area contributed by atoms with Crippen LogP contribution in [0.2, 0.25) is 0 Å². The zero-order chi connectivity index (χ0) is 7.40. The zero-order valence-electron chi connectivity index (χ0n) is 6.04. The van der Waals surface area contributed by atoms with E-state index in [4.69, 9.17) is 0 Å². The molecule has 1 rings (SSSR count). The molecular formula is C7H12N2S. The molecule has 0 saturated carbocycles. The third-order valence-electron chi connectivity index (χ3n) is 1.37. The summed E-state index contributed by atoms with van der Waals surface area (Å²) in [6.07, 6.45) is 5.75. The fourth-order valence-corrected chi connectivity index (χ4v) is 0.913. The van der Waals surface area contributed by atoms with Crippen LogP contribution in [0.1, 0.15) is 19.0 Å². The molecule has 1 aromatic rings. The number of nitrogens with zero attached hydrogens (tertiary/aromatic N) is 1. The van der Waals surface area contributed by atoms with Crippen molar-refractivity contribution < 1.29 is 0 Å². The van der Waals surface area contributed by atoms with Gasteiger partial charge in [-0.05, 0) is 18.1 Å². The molecule has 1 aromatic heterocycles. The predicted octanol–water partition coefficient (Wildman–Crippen LogP) is 1.66. The van der Waals surface area contributed by atoms with E-state index >= 15 is 0 Å². The van der Waals surface area contributed by atoms with Crippen LogP contribution in [0, 0.1) is 0 Å². The highest BCUT2D eigenvalue weighted by atomic mass is 32.1. The number of nitrogens with one attached hydrogen (secondary N) is 1. The van der Waals surface area contributed by atoms with Crippen LogP contribution in [0.25, 0.3) is 0 Å². The standard InChI is InChI=1S/C7H12N2S/c1-6(10)2-3-7-4-8-5-9-7/h4-6,10H,2-3H2,1H3,(H,8,9). The number of aromatic amines is 1. The fraction of sp³-hybridized carbons (Fsp3) is 0.571. The largest absolute Gasteiger partial charge is 0.351 e. The van der Waals surface area contributed by atoms with Crippen molar-refractivity contribution in [2.24, 2.45) is 0 Å². The summed E-state index contributed by atoms with van der Waals surface area (Å²) in [6, 6.07) is 0. The average molecular weight is 156 g/mol. The van der Waals surface area contributed by atoms with E-state index in [1.807, 2.05) is 6.20 Å². The van der Waals surface area contributed by atoms with Crippen LogP contribution in [-0.2, 0) is 6.42 Å². The Hall–Kier alpha value is -0.440. The quantitative estimate of drug-likeness (QED) is 0.640. The molecule has 0 radical (unpaired) electrons. The van der Waals surface area contributed by atoms with Gasteiger partial charge in [0, 0.05) is 6.20 Å². The first-order valence-corrected chi connectivity index (χ1v) is 3.96. The third kappa shape index (κ3) is 2.43. The first kappa shape index (κ1) is 7.66. The number of imidazole rings is 1. The van der Waals surface area contributed by atoms with Crippen LogP contribution in [0.4, 0.5) is 0 Å². The molecule has 1 unspecified atom stereocenters. The zero-order valence-corrected chi connectivity index (χ0v) is 6.94. The first-order valence-electron chi connectivity index (χ1n) is 3.45. The van der Waals surface area contributed by atoms with Crippen molar-refractivity contribution in [1.29, 1.82) is 0 Å². The predicted molar refractivity (Wildman–Crippen MR) is 45.4 cm³/mol. The minimum atomic E-state index is 0.469. The third-order valence-corrected chi connectivity index (χ3v) is 1.63. The Kier molecular flexibility index (Phi) is 2.81. The lowest BCUT2D eigenvalue weighted by Gasteiger charge is -1.99. The van der Waals surface area contributed by atoms with Gasteiger partial charge < -0.3 is 4.98 Å². The van der Waals surface area contributed by atoms with Crippen LogP contribution >= 0.6 is 12.6 Å². The Morgan fingerprint density at radius 1 is 1.80 bits per heavy atom. The molecule has 1 atom stereocenters. The second kappa shape index (κ2) is 3.66. The first-order chi connectivity index (χ1) is 4.79. The molecule has 3 heteroatoms. The molecule has 1 heterocycles. The number of thiol groups is 1. The van der Waals surface area contributed by atoms with Crippen molar-refractivity contribution in [2.45, 2.75) is 25.0 Å². The van der Waals surface area contributed by atoms with Gasteiger partial charge >= 0.3 is 0 Å². The van der Waals surface area contributed by atoms with E-state index < -0.39 is 0 Å². The Morgan fingerprint density at radius 3 is 3.10 bits per heavy atom. The highest BCUT2D eigenvalue weighted by molar-refractivity contribution is 7.80. The lowest BCUT2D eigenvalue weighted by atomic mass is 10.2. The van der Waals surface area contributed by atoms with Crippen molar-refractivity contribution in [1.82, 2.24) is 9.97 Å². The Balaban J connectivity index is 2.28. The molecule has 0 aliphatic heterocycles. The van der Waals surface area contributed by atoms with Crippen LogP contribution < -0.4 is 0 Å². The summed E-state index contributed by atoms with van der Waals surface area (Å²) in [4.78, 5) is 7.02. The minimum absolute atomic E-state index is 0.469. The molecule has 56 valence electrons. The van der Waals surface area contributed by atoms with Gasteiger partial charge in [-0.3, -0.25) is 0 Å². The van der Waals surface area contributed by atoms with Gasteiger partial charge in [-0.15, -0.1) is 0 Å². The summed E-state index contributed by atoms with van der Waals surface area (Å²) in [5, 5.41) is 0.469. The highest BCUT2D eigenvalue weighted by Crippen LogP contribution is 2.04. The maximum atomic E-state index is 4.27. The second-order valence-corrected chi connectivity index (χ2v) is 3.33. The van der Waals surface area contributed by atoms with Crippen LogP contribution in [0.15, 0.2) is 12.5 Å². The number of rotatable bonds is 3. The van der Waals surface area contributed by atoms with Crippen molar-refractivity contribution in [3.05, 3.63) is 18.2 Å². The van der Waals surface area contributed by atoms with Gasteiger partial charge in [0.1, 0.15) is 0 Å². The second-order valence-electron chi connectivity index (χ2n) is 2.45. The van der Waals surface area contributed by atoms with E-state index in [1.165, 1.54) is 0 Å². The van der Waals surface area contributed by atoms with E-state index in [0.29, 0.717) is 5.25 Å². The van der Waals surface area contributed by atoms with E-state index in [2.05, 4.69) is 29.5 Å². The van der Waals surface area contributed by atoms with Gasteiger partial charge in [-0.1, -0.05) is 6.92 Å². The molecule has 0 saturated heterocycles. The van der Waals surface area contributed by atoms with E-state index in [1.54, 1.807) is 6.33 Å². The van der Waals surface area contributed by atoms with Crippen LogP contribution in [0.5, 0.6) is 0 Å². The summed E-state index contributed by atoms with van der Waals surface area (Å²) in [5.74, 6) is 0. The molecule has 1 N–H and O–H groups in total. The highest BCUT2D eigenvalue weighted by Gasteiger charge is 1.97. The summed E-state index contributed by atoms with van der Waals surface area (Å²) in [7, 11) is 0. The fourth-order valence-electron chi connectivity index (χ4n) is 0.784. The van der Waals surface area contributed by atoms with Crippen LogP contribution in [0.3, 0.4) is 0 Å². The van der Waals surface area contributed by atoms with E-state index in [-0.39, 0.29) is 0 Å². The van der Waals surface area contributed by atoms with Gasteiger partial charge in [0.2, 0.25) is 0 Å². The molecule has 0 spiro atoms. The average Bonchev–Trinajstić information content (AvgIpc) is 2.34.